The van der Waals surface area contributed by atoms with Crippen LogP contribution in [0.5, 0.6) is 5.75 Å². The maximum absolute atomic E-state index is 12.8. The molecule has 1 amide bonds. The fraction of sp³-hybridized carbons (Fsp3) is 0.278. The van der Waals surface area contributed by atoms with E-state index in [4.69, 9.17) is 4.74 Å². The fourth-order valence-corrected chi connectivity index (χ4v) is 4.59. The van der Waals surface area contributed by atoms with Crippen molar-refractivity contribution in [2.24, 2.45) is 5.92 Å². The first-order chi connectivity index (χ1) is 12.4. The van der Waals surface area contributed by atoms with Crippen molar-refractivity contribution in [1.82, 2.24) is 0 Å². The van der Waals surface area contributed by atoms with Crippen LogP contribution in [0, 0.1) is 5.92 Å². The Bertz CT molecular complexity index is 929. The van der Waals surface area contributed by atoms with Crippen molar-refractivity contribution >= 4 is 39.1 Å². The molecule has 1 heterocycles. The average Bonchev–Trinajstić information content (AvgIpc) is 2.75. The Kier molecular flexibility index (Phi) is 5.43. The summed E-state index contributed by atoms with van der Waals surface area (Å²) in [6.07, 6.45) is 0. The normalized spacial score (nSPS) is 17.0. The zero-order valence-corrected chi connectivity index (χ0v) is 16.1. The number of sulfonamides is 1. The first kappa shape index (κ1) is 18.6. The summed E-state index contributed by atoms with van der Waals surface area (Å²) in [5.41, 5.74) is 0.890. The van der Waals surface area contributed by atoms with E-state index in [1.54, 1.807) is 36.4 Å². The van der Waals surface area contributed by atoms with Crippen LogP contribution in [0.25, 0.3) is 0 Å². The van der Waals surface area contributed by atoms with E-state index in [1.807, 2.05) is 13.8 Å². The van der Waals surface area contributed by atoms with E-state index >= 15 is 0 Å². The molecule has 2 aromatic rings. The number of benzene rings is 2. The van der Waals surface area contributed by atoms with Gasteiger partial charge in [0.2, 0.25) is 5.91 Å². The highest BCUT2D eigenvalue weighted by atomic mass is 32.2. The number of anilines is 2. The van der Waals surface area contributed by atoms with E-state index in [0.717, 1.165) is 4.90 Å². The number of fused-ring (bicyclic) bond motifs is 1. The molecule has 0 bridgehead atoms. The van der Waals surface area contributed by atoms with Crippen LogP contribution in [0.1, 0.15) is 13.8 Å². The molecule has 0 aromatic heterocycles. The molecular formula is C18H20N2O4S2. The van der Waals surface area contributed by atoms with Crippen molar-refractivity contribution in [3.05, 3.63) is 42.5 Å². The topological polar surface area (TPSA) is 84.5 Å². The number of ether oxygens (including phenoxy) is 1. The lowest BCUT2D eigenvalue weighted by atomic mass is 10.2. The Labute approximate surface area is 157 Å². The molecule has 0 spiro atoms. The molecule has 138 valence electrons. The van der Waals surface area contributed by atoms with Crippen molar-refractivity contribution in [1.29, 1.82) is 0 Å². The molecule has 3 rings (SSSR count). The van der Waals surface area contributed by atoms with Crippen LogP contribution in [0.4, 0.5) is 11.4 Å². The minimum Gasteiger partial charge on any atom is -0.492 e. The SMILES string of the molecule is CCOc1ccccc1NS(=O)(=O)c1ccc2c(c1)NC(=O)C(C)CS2. The number of amides is 1. The quantitative estimate of drug-likeness (QED) is 0.813. The molecule has 0 saturated heterocycles. The number of thioether (sulfide) groups is 1. The van der Waals surface area contributed by atoms with Crippen LogP contribution in [0.3, 0.4) is 0 Å². The molecule has 0 aliphatic carbocycles. The number of rotatable bonds is 5. The van der Waals surface area contributed by atoms with Crippen molar-refractivity contribution < 1.29 is 17.9 Å². The third-order valence-corrected chi connectivity index (χ3v) is 6.58. The Morgan fingerprint density at radius 1 is 1.27 bits per heavy atom. The van der Waals surface area contributed by atoms with Gasteiger partial charge in [-0.2, -0.15) is 0 Å². The van der Waals surface area contributed by atoms with Crippen LogP contribution >= 0.6 is 11.8 Å². The molecule has 6 nitrogen and oxygen atoms in total. The number of carbonyl (C=O) groups is 1. The highest BCUT2D eigenvalue weighted by Gasteiger charge is 2.23. The van der Waals surface area contributed by atoms with Gasteiger partial charge in [0, 0.05) is 16.6 Å². The highest BCUT2D eigenvalue weighted by molar-refractivity contribution is 7.99. The van der Waals surface area contributed by atoms with Crippen molar-refractivity contribution in [3.8, 4) is 5.75 Å². The van der Waals surface area contributed by atoms with Gasteiger partial charge in [-0.25, -0.2) is 8.42 Å². The monoisotopic (exact) mass is 392 g/mol. The molecule has 2 N–H and O–H groups in total. The van der Waals surface area contributed by atoms with Gasteiger partial charge >= 0.3 is 0 Å². The molecule has 0 radical (unpaired) electrons. The first-order valence-corrected chi connectivity index (χ1v) is 10.7. The predicted molar refractivity (Wildman–Crippen MR) is 103 cm³/mol. The largest absolute Gasteiger partial charge is 0.492 e. The molecular weight excluding hydrogens is 372 g/mol. The van der Waals surface area contributed by atoms with Gasteiger partial charge in [0.05, 0.1) is 22.9 Å². The van der Waals surface area contributed by atoms with Crippen molar-refractivity contribution in [3.63, 3.8) is 0 Å². The minimum atomic E-state index is -3.82. The molecule has 2 aromatic carbocycles. The number of hydrogen-bond acceptors (Lipinski definition) is 5. The van der Waals surface area contributed by atoms with Gasteiger partial charge in [-0.05, 0) is 37.3 Å². The van der Waals surface area contributed by atoms with Crippen LogP contribution in [0.15, 0.2) is 52.3 Å². The van der Waals surface area contributed by atoms with Gasteiger partial charge in [0.15, 0.2) is 0 Å². The van der Waals surface area contributed by atoms with E-state index in [-0.39, 0.29) is 16.7 Å². The van der Waals surface area contributed by atoms with E-state index in [9.17, 15) is 13.2 Å². The summed E-state index contributed by atoms with van der Waals surface area (Å²) in [5.74, 6) is 0.875. The molecule has 1 aliphatic rings. The van der Waals surface area contributed by atoms with Gasteiger partial charge in [-0.15, -0.1) is 11.8 Å². The third kappa shape index (κ3) is 3.96. The lowest BCUT2D eigenvalue weighted by Gasteiger charge is -2.14. The standard InChI is InChI=1S/C18H20N2O4S2/c1-3-24-16-7-5-4-6-14(16)20-26(22,23)13-8-9-17-15(10-13)19-18(21)12(2)11-25-17/h4-10,12,20H,3,11H2,1-2H3,(H,19,21). The number of carbonyl (C=O) groups excluding carboxylic acids is 1. The molecule has 1 unspecified atom stereocenters. The van der Waals surface area contributed by atoms with E-state index in [0.29, 0.717) is 29.5 Å². The Balaban J connectivity index is 1.92. The molecule has 1 atom stereocenters. The molecule has 1 aliphatic heterocycles. The van der Waals surface area contributed by atoms with E-state index in [1.165, 1.54) is 17.8 Å². The van der Waals surface area contributed by atoms with Gasteiger partial charge < -0.3 is 10.1 Å². The first-order valence-electron chi connectivity index (χ1n) is 8.23. The van der Waals surface area contributed by atoms with Crippen LogP contribution in [0.2, 0.25) is 0 Å². The van der Waals surface area contributed by atoms with Crippen LogP contribution in [-0.4, -0.2) is 26.7 Å². The number of hydrogen-bond donors (Lipinski definition) is 2. The maximum atomic E-state index is 12.8. The summed E-state index contributed by atoms with van der Waals surface area (Å²) in [6.45, 7) is 4.11. The summed E-state index contributed by atoms with van der Waals surface area (Å²) in [7, 11) is -3.82. The minimum absolute atomic E-state index is 0.0815. The van der Waals surface area contributed by atoms with E-state index in [2.05, 4.69) is 10.0 Å². The van der Waals surface area contributed by atoms with Crippen molar-refractivity contribution in [2.45, 2.75) is 23.6 Å². The molecule has 0 fully saturated rings. The molecule has 0 saturated carbocycles. The number of nitrogens with one attached hydrogen (secondary N) is 2. The Morgan fingerprint density at radius 2 is 2.04 bits per heavy atom. The Hall–Kier alpha value is -2.19. The summed E-state index contributed by atoms with van der Waals surface area (Å²) >= 11 is 1.54. The predicted octanol–water partition coefficient (Wildman–Crippen LogP) is 3.57. The van der Waals surface area contributed by atoms with Gasteiger partial charge in [0.25, 0.3) is 10.0 Å². The van der Waals surface area contributed by atoms with Crippen molar-refractivity contribution in [2.75, 3.05) is 22.4 Å². The fourth-order valence-electron chi connectivity index (χ4n) is 2.48. The average molecular weight is 393 g/mol. The third-order valence-electron chi connectivity index (χ3n) is 3.89. The van der Waals surface area contributed by atoms with Gasteiger partial charge in [-0.3, -0.25) is 9.52 Å². The second kappa shape index (κ2) is 7.59. The van der Waals surface area contributed by atoms with Gasteiger partial charge in [0.1, 0.15) is 5.75 Å². The molecule has 26 heavy (non-hydrogen) atoms. The summed E-state index contributed by atoms with van der Waals surface area (Å²) in [4.78, 5) is 13.0. The lowest BCUT2D eigenvalue weighted by molar-refractivity contribution is -0.118. The maximum Gasteiger partial charge on any atom is 0.262 e. The van der Waals surface area contributed by atoms with E-state index < -0.39 is 10.0 Å². The summed E-state index contributed by atoms with van der Waals surface area (Å²) in [6, 6.07) is 11.6. The second-order valence-electron chi connectivity index (χ2n) is 5.89. The highest BCUT2D eigenvalue weighted by Crippen LogP contribution is 2.35. The smallest absolute Gasteiger partial charge is 0.262 e. The summed E-state index contributed by atoms with van der Waals surface area (Å²) in [5, 5.41) is 2.80. The lowest BCUT2D eigenvalue weighted by Crippen LogP contribution is -2.20. The molecule has 8 heteroatoms. The second-order valence-corrected chi connectivity index (χ2v) is 8.64. The number of para-hydroxylation sites is 2. The Morgan fingerprint density at radius 3 is 2.81 bits per heavy atom. The summed E-state index contributed by atoms with van der Waals surface area (Å²) < 4.78 is 33.6. The zero-order chi connectivity index (χ0) is 18.7. The van der Waals surface area contributed by atoms with Crippen LogP contribution < -0.4 is 14.8 Å². The van der Waals surface area contributed by atoms with Gasteiger partial charge in [-0.1, -0.05) is 19.1 Å². The van der Waals surface area contributed by atoms with Crippen LogP contribution in [-0.2, 0) is 14.8 Å². The zero-order valence-electron chi connectivity index (χ0n) is 14.5.